The number of nitrogens with zero attached hydrogens (tertiary/aromatic N) is 4. The molecule has 146 valence electrons. The van der Waals surface area contributed by atoms with Crippen molar-refractivity contribution in [1.29, 1.82) is 0 Å². The standard InChI is InChI=1S/C18H18FN5O4/c1-3-28-16(26)9-20-15(25)10-23-18(27)17-14(11(2)22-23)8-21-24(17)13-6-4-12(19)5-7-13/h4-8H,3,9-10H2,1-2H3,(H,20,25). The van der Waals surface area contributed by atoms with Crippen LogP contribution in [0.25, 0.3) is 16.6 Å². The molecule has 0 aliphatic carbocycles. The summed E-state index contributed by atoms with van der Waals surface area (Å²) in [5.41, 5.74) is 0.685. The first-order valence-corrected chi connectivity index (χ1v) is 8.54. The Hall–Kier alpha value is -3.56. The van der Waals surface area contributed by atoms with E-state index in [0.717, 1.165) is 4.68 Å². The molecule has 1 aromatic carbocycles. The van der Waals surface area contributed by atoms with Crippen LogP contribution >= 0.6 is 0 Å². The van der Waals surface area contributed by atoms with Crippen LogP contribution in [-0.2, 0) is 20.9 Å². The molecule has 0 spiro atoms. The SMILES string of the molecule is CCOC(=O)CNC(=O)Cn1nc(C)c2cnn(-c3ccc(F)cc3)c2c1=O. The first-order valence-electron chi connectivity index (χ1n) is 8.54. The van der Waals surface area contributed by atoms with Crippen molar-refractivity contribution in [2.24, 2.45) is 0 Å². The molecule has 2 heterocycles. The Bertz CT molecular complexity index is 1090. The molecule has 0 unspecified atom stereocenters. The molecule has 0 saturated heterocycles. The van der Waals surface area contributed by atoms with Crippen LogP contribution in [0.3, 0.4) is 0 Å². The highest BCUT2D eigenvalue weighted by atomic mass is 19.1. The highest BCUT2D eigenvalue weighted by Crippen LogP contribution is 2.17. The molecule has 0 fully saturated rings. The second-order valence-corrected chi connectivity index (χ2v) is 5.93. The van der Waals surface area contributed by atoms with E-state index >= 15 is 0 Å². The van der Waals surface area contributed by atoms with Gasteiger partial charge in [-0.15, -0.1) is 0 Å². The molecule has 28 heavy (non-hydrogen) atoms. The highest BCUT2D eigenvalue weighted by molar-refractivity contribution is 5.83. The number of ether oxygens (including phenoxy) is 1. The summed E-state index contributed by atoms with van der Waals surface area (Å²) in [6.45, 7) is 2.88. The molecule has 3 aromatic rings. The van der Waals surface area contributed by atoms with Gasteiger partial charge in [0.25, 0.3) is 5.56 Å². The molecule has 0 aliphatic heterocycles. The lowest BCUT2D eigenvalue weighted by Crippen LogP contribution is -2.37. The molecule has 0 atom stereocenters. The third kappa shape index (κ3) is 3.90. The molecule has 2 aromatic heterocycles. The maximum absolute atomic E-state index is 13.2. The summed E-state index contributed by atoms with van der Waals surface area (Å²) in [5, 5.41) is 11.2. The van der Waals surface area contributed by atoms with Crippen molar-refractivity contribution in [1.82, 2.24) is 24.9 Å². The fourth-order valence-corrected chi connectivity index (χ4v) is 2.68. The van der Waals surface area contributed by atoms with E-state index in [0.29, 0.717) is 16.8 Å². The predicted molar refractivity (Wildman–Crippen MR) is 97.5 cm³/mol. The fourth-order valence-electron chi connectivity index (χ4n) is 2.68. The number of aryl methyl sites for hydroxylation is 1. The van der Waals surface area contributed by atoms with Crippen molar-refractivity contribution in [3.8, 4) is 5.69 Å². The lowest BCUT2D eigenvalue weighted by molar-refractivity contribution is -0.143. The van der Waals surface area contributed by atoms with Gasteiger partial charge in [-0.25, -0.2) is 13.8 Å². The van der Waals surface area contributed by atoms with Crippen LogP contribution in [-0.4, -0.2) is 44.6 Å². The van der Waals surface area contributed by atoms with Gasteiger partial charge in [-0.05, 0) is 38.1 Å². The van der Waals surface area contributed by atoms with Crippen LogP contribution in [0.15, 0.2) is 35.3 Å². The van der Waals surface area contributed by atoms with Crippen molar-refractivity contribution >= 4 is 22.8 Å². The van der Waals surface area contributed by atoms with Crippen LogP contribution < -0.4 is 10.9 Å². The number of hydrogen-bond acceptors (Lipinski definition) is 6. The third-order valence-corrected chi connectivity index (χ3v) is 3.97. The molecule has 0 saturated carbocycles. The Kier molecular flexibility index (Phi) is 5.48. The minimum atomic E-state index is -0.572. The van der Waals surface area contributed by atoms with Gasteiger partial charge in [0.1, 0.15) is 24.4 Å². The summed E-state index contributed by atoms with van der Waals surface area (Å²) in [5.74, 6) is -1.54. The van der Waals surface area contributed by atoms with Gasteiger partial charge >= 0.3 is 5.97 Å². The van der Waals surface area contributed by atoms with E-state index in [1.807, 2.05) is 0 Å². The van der Waals surface area contributed by atoms with Gasteiger partial charge in [0.2, 0.25) is 5.91 Å². The number of carbonyl (C=O) groups is 2. The number of carbonyl (C=O) groups excluding carboxylic acids is 2. The zero-order valence-electron chi connectivity index (χ0n) is 15.3. The zero-order valence-corrected chi connectivity index (χ0v) is 15.3. The van der Waals surface area contributed by atoms with E-state index in [4.69, 9.17) is 4.74 Å². The minimum Gasteiger partial charge on any atom is -0.465 e. The average Bonchev–Trinajstić information content (AvgIpc) is 3.11. The number of hydrogen-bond donors (Lipinski definition) is 1. The molecule has 10 heteroatoms. The topological polar surface area (TPSA) is 108 Å². The number of fused-ring (bicyclic) bond motifs is 1. The van der Waals surface area contributed by atoms with E-state index in [9.17, 15) is 18.8 Å². The Morgan fingerprint density at radius 2 is 1.96 bits per heavy atom. The molecule has 0 bridgehead atoms. The molecule has 1 N–H and O–H groups in total. The van der Waals surface area contributed by atoms with Crippen LogP contribution in [0, 0.1) is 12.7 Å². The summed E-state index contributed by atoms with van der Waals surface area (Å²) in [7, 11) is 0. The average molecular weight is 387 g/mol. The lowest BCUT2D eigenvalue weighted by atomic mass is 10.2. The summed E-state index contributed by atoms with van der Waals surface area (Å²) in [4.78, 5) is 36.3. The molecule has 3 rings (SSSR count). The smallest absolute Gasteiger partial charge is 0.325 e. The Morgan fingerprint density at radius 3 is 2.64 bits per heavy atom. The van der Waals surface area contributed by atoms with Crippen molar-refractivity contribution in [2.45, 2.75) is 20.4 Å². The molecule has 9 nitrogen and oxygen atoms in total. The zero-order chi connectivity index (χ0) is 20.3. The quantitative estimate of drug-likeness (QED) is 0.624. The number of esters is 1. The second-order valence-electron chi connectivity index (χ2n) is 5.93. The normalized spacial score (nSPS) is 10.8. The van der Waals surface area contributed by atoms with Crippen molar-refractivity contribution in [3.05, 3.63) is 52.3 Å². The molecule has 0 aliphatic rings. The molecular weight excluding hydrogens is 369 g/mol. The fraction of sp³-hybridized carbons (Fsp3) is 0.278. The van der Waals surface area contributed by atoms with Crippen molar-refractivity contribution in [2.75, 3.05) is 13.2 Å². The van der Waals surface area contributed by atoms with Crippen LogP contribution in [0.1, 0.15) is 12.6 Å². The summed E-state index contributed by atoms with van der Waals surface area (Å²) < 4.78 is 20.3. The Morgan fingerprint density at radius 1 is 1.25 bits per heavy atom. The largest absolute Gasteiger partial charge is 0.465 e. The number of rotatable bonds is 6. The summed E-state index contributed by atoms with van der Waals surface area (Å²) in [6.07, 6.45) is 1.49. The Labute approximate surface area is 158 Å². The van der Waals surface area contributed by atoms with Gasteiger partial charge < -0.3 is 10.1 Å². The van der Waals surface area contributed by atoms with Gasteiger partial charge in [-0.2, -0.15) is 10.2 Å². The van der Waals surface area contributed by atoms with Gasteiger partial charge in [0.05, 0.1) is 24.2 Å². The second kappa shape index (κ2) is 7.99. The lowest BCUT2D eigenvalue weighted by Gasteiger charge is -2.09. The number of amides is 1. The minimum absolute atomic E-state index is 0.207. The summed E-state index contributed by atoms with van der Waals surface area (Å²) >= 11 is 0. The first-order chi connectivity index (χ1) is 13.4. The van der Waals surface area contributed by atoms with Gasteiger partial charge in [0, 0.05) is 5.39 Å². The maximum Gasteiger partial charge on any atom is 0.325 e. The van der Waals surface area contributed by atoms with E-state index in [-0.39, 0.29) is 25.2 Å². The number of halogens is 1. The van der Waals surface area contributed by atoms with Gasteiger partial charge in [0.15, 0.2) is 0 Å². The Balaban J connectivity index is 1.92. The van der Waals surface area contributed by atoms with E-state index in [2.05, 4.69) is 15.5 Å². The van der Waals surface area contributed by atoms with E-state index < -0.39 is 23.3 Å². The van der Waals surface area contributed by atoms with Crippen LogP contribution in [0.4, 0.5) is 4.39 Å². The predicted octanol–water partition coefficient (Wildman–Crippen LogP) is 0.709. The van der Waals surface area contributed by atoms with Crippen LogP contribution in [0.5, 0.6) is 0 Å². The van der Waals surface area contributed by atoms with E-state index in [1.54, 1.807) is 13.8 Å². The van der Waals surface area contributed by atoms with E-state index in [1.165, 1.54) is 35.1 Å². The monoisotopic (exact) mass is 387 g/mol. The summed E-state index contributed by atoms with van der Waals surface area (Å²) in [6, 6.07) is 5.51. The number of aromatic nitrogens is 4. The first kappa shape index (κ1) is 19.2. The molecular formula is C18H18FN5O4. The molecule has 1 amide bonds. The maximum atomic E-state index is 13.2. The number of nitrogens with one attached hydrogen (secondary N) is 1. The highest BCUT2D eigenvalue weighted by Gasteiger charge is 2.17. The number of benzene rings is 1. The van der Waals surface area contributed by atoms with Gasteiger partial charge in [-0.3, -0.25) is 14.4 Å². The van der Waals surface area contributed by atoms with Crippen LogP contribution in [0.2, 0.25) is 0 Å². The van der Waals surface area contributed by atoms with Crippen molar-refractivity contribution in [3.63, 3.8) is 0 Å². The van der Waals surface area contributed by atoms with Gasteiger partial charge in [-0.1, -0.05) is 0 Å². The third-order valence-electron chi connectivity index (χ3n) is 3.97. The van der Waals surface area contributed by atoms with Crippen molar-refractivity contribution < 1.29 is 18.7 Å². The molecule has 0 radical (unpaired) electrons.